The van der Waals surface area contributed by atoms with Crippen LogP contribution in [0.15, 0.2) is 53.1 Å². The zero-order valence-corrected chi connectivity index (χ0v) is 12.7. The third-order valence-electron chi connectivity index (χ3n) is 3.10. The van der Waals surface area contributed by atoms with Gasteiger partial charge in [0, 0.05) is 27.4 Å². The molecule has 0 radical (unpaired) electrons. The number of hydrogen-bond donors (Lipinski definition) is 1. The quantitative estimate of drug-likeness (QED) is 0.778. The Labute approximate surface area is 126 Å². The Morgan fingerprint density at radius 2 is 2.05 bits per heavy atom. The predicted molar refractivity (Wildman–Crippen MR) is 85.7 cm³/mol. The first-order valence-corrected chi connectivity index (χ1v) is 7.23. The molecule has 3 rings (SSSR count). The molecule has 0 spiro atoms. The lowest BCUT2D eigenvalue weighted by molar-refractivity contribution is 1.05. The van der Waals surface area contributed by atoms with Crippen molar-refractivity contribution in [3.8, 4) is 0 Å². The molecule has 2 heterocycles. The monoisotopic (exact) mass is 327 g/mol. The zero-order chi connectivity index (χ0) is 13.9. The topological polar surface area (TPSA) is 37.8 Å². The van der Waals surface area contributed by atoms with Crippen molar-refractivity contribution >= 4 is 32.5 Å². The molecule has 0 saturated carbocycles. The first-order valence-electron chi connectivity index (χ1n) is 6.44. The normalized spacial score (nSPS) is 10.7. The summed E-state index contributed by atoms with van der Waals surface area (Å²) in [6.45, 7) is 2.71. The van der Waals surface area contributed by atoms with Crippen LogP contribution in [0.1, 0.15) is 11.4 Å². The van der Waals surface area contributed by atoms with Crippen LogP contribution in [-0.4, -0.2) is 9.97 Å². The van der Waals surface area contributed by atoms with Gasteiger partial charge in [0.25, 0.3) is 0 Å². The highest BCUT2D eigenvalue weighted by Gasteiger charge is 2.06. The summed E-state index contributed by atoms with van der Waals surface area (Å²) in [5.74, 6) is 0. The first-order chi connectivity index (χ1) is 9.74. The van der Waals surface area contributed by atoms with Crippen molar-refractivity contribution in [3.63, 3.8) is 0 Å². The highest BCUT2D eigenvalue weighted by atomic mass is 79.9. The van der Waals surface area contributed by atoms with E-state index >= 15 is 0 Å². The second-order valence-electron chi connectivity index (χ2n) is 4.62. The molecule has 20 heavy (non-hydrogen) atoms. The minimum atomic E-state index is 0.700. The van der Waals surface area contributed by atoms with Crippen molar-refractivity contribution in [1.82, 2.24) is 9.97 Å². The summed E-state index contributed by atoms with van der Waals surface area (Å²) in [5.41, 5.74) is 4.08. The summed E-state index contributed by atoms with van der Waals surface area (Å²) in [6, 6.07) is 14.1. The van der Waals surface area contributed by atoms with Gasteiger partial charge in [0.15, 0.2) is 0 Å². The number of anilines is 1. The molecular weight excluding hydrogens is 314 g/mol. The number of nitrogens with one attached hydrogen (secondary N) is 1. The molecule has 0 aliphatic rings. The van der Waals surface area contributed by atoms with E-state index in [1.807, 2.05) is 43.5 Å². The standard InChI is InChI=1S/C16H14BrN3/c1-11-9-15(19-10-12-5-2-3-8-18-12)13-6-4-7-14(17)16(13)20-11/h2-9H,10H2,1H3,(H,19,20). The molecule has 4 heteroatoms. The maximum atomic E-state index is 4.59. The van der Waals surface area contributed by atoms with E-state index in [-0.39, 0.29) is 0 Å². The van der Waals surface area contributed by atoms with Crippen LogP contribution in [0, 0.1) is 6.92 Å². The number of benzene rings is 1. The van der Waals surface area contributed by atoms with Gasteiger partial charge in [-0.3, -0.25) is 9.97 Å². The van der Waals surface area contributed by atoms with E-state index in [9.17, 15) is 0 Å². The third kappa shape index (κ3) is 2.65. The molecular formula is C16H14BrN3. The molecule has 1 aromatic carbocycles. The van der Waals surface area contributed by atoms with Crippen molar-refractivity contribution in [2.75, 3.05) is 5.32 Å². The van der Waals surface area contributed by atoms with Crippen LogP contribution in [0.4, 0.5) is 5.69 Å². The van der Waals surface area contributed by atoms with Gasteiger partial charge in [-0.05, 0) is 47.1 Å². The van der Waals surface area contributed by atoms with Gasteiger partial charge in [-0.25, -0.2) is 0 Å². The number of halogens is 1. The van der Waals surface area contributed by atoms with Gasteiger partial charge in [0.2, 0.25) is 0 Å². The van der Waals surface area contributed by atoms with Crippen molar-refractivity contribution in [2.24, 2.45) is 0 Å². The fraction of sp³-hybridized carbons (Fsp3) is 0.125. The molecule has 0 aliphatic heterocycles. The molecule has 0 atom stereocenters. The Morgan fingerprint density at radius 3 is 2.85 bits per heavy atom. The summed E-state index contributed by atoms with van der Waals surface area (Å²) in [7, 11) is 0. The number of hydrogen-bond acceptors (Lipinski definition) is 3. The summed E-state index contributed by atoms with van der Waals surface area (Å²) in [4.78, 5) is 8.91. The van der Waals surface area contributed by atoms with E-state index in [1.165, 1.54) is 0 Å². The Bertz CT molecular complexity index is 741. The van der Waals surface area contributed by atoms with E-state index in [0.717, 1.165) is 32.5 Å². The van der Waals surface area contributed by atoms with Gasteiger partial charge in [-0.15, -0.1) is 0 Å². The van der Waals surface area contributed by atoms with Crippen molar-refractivity contribution < 1.29 is 0 Å². The average molecular weight is 328 g/mol. The highest BCUT2D eigenvalue weighted by molar-refractivity contribution is 9.10. The maximum absolute atomic E-state index is 4.59. The molecule has 3 aromatic rings. The molecule has 1 N–H and O–H groups in total. The fourth-order valence-corrected chi connectivity index (χ4v) is 2.63. The molecule has 0 bridgehead atoms. The average Bonchev–Trinajstić information content (AvgIpc) is 2.47. The SMILES string of the molecule is Cc1cc(NCc2ccccn2)c2cccc(Br)c2n1. The number of aryl methyl sites for hydroxylation is 1. The van der Waals surface area contributed by atoms with Crippen LogP contribution in [0.25, 0.3) is 10.9 Å². The van der Waals surface area contributed by atoms with E-state index in [2.05, 4.69) is 43.3 Å². The van der Waals surface area contributed by atoms with Crippen molar-refractivity contribution in [3.05, 3.63) is 64.5 Å². The third-order valence-corrected chi connectivity index (χ3v) is 3.74. The number of aromatic nitrogens is 2. The molecule has 0 saturated heterocycles. The molecule has 2 aromatic heterocycles. The van der Waals surface area contributed by atoms with Gasteiger partial charge in [0.05, 0.1) is 17.8 Å². The Kier molecular flexibility index (Phi) is 3.65. The molecule has 0 aliphatic carbocycles. The van der Waals surface area contributed by atoms with Crippen LogP contribution in [-0.2, 0) is 6.54 Å². The lowest BCUT2D eigenvalue weighted by Crippen LogP contribution is -2.02. The fourth-order valence-electron chi connectivity index (χ4n) is 2.18. The van der Waals surface area contributed by atoms with E-state index in [0.29, 0.717) is 6.54 Å². The van der Waals surface area contributed by atoms with Crippen molar-refractivity contribution in [2.45, 2.75) is 13.5 Å². The lowest BCUT2D eigenvalue weighted by Gasteiger charge is -2.11. The van der Waals surface area contributed by atoms with Crippen molar-refractivity contribution in [1.29, 1.82) is 0 Å². The van der Waals surface area contributed by atoms with Crippen LogP contribution < -0.4 is 5.32 Å². The Balaban J connectivity index is 1.97. The lowest BCUT2D eigenvalue weighted by atomic mass is 10.1. The Morgan fingerprint density at radius 1 is 1.15 bits per heavy atom. The van der Waals surface area contributed by atoms with Gasteiger partial charge in [-0.2, -0.15) is 0 Å². The minimum Gasteiger partial charge on any atom is -0.379 e. The van der Waals surface area contributed by atoms with Gasteiger partial charge < -0.3 is 5.32 Å². The first kappa shape index (κ1) is 13.1. The van der Waals surface area contributed by atoms with Crippen LogP contribution in [0.5, 0.6) is 0 Å². The van der Waals surface area contributed by atoms with E-state index < -0.39 is 0 Å². The summed E-state index contributed by atoms with van der Waals surface area (Å²) < 4.78 is 1.01. The number of pyridine rings is 2. The zero-order valence-electron chi connectivity index (χ0n) is 11.1. The molecule has 0 amide bonds. The number of fused-ring (bicyclic) bond motifs is 1. The maximum Gasteiger partial charge on any atom is 0.0867 e. The second kappa shape index (κ2) is 5.59. The molecule has 3 nitrogen and oxygen atoms in total. The number of para-hydroxylation sites is 1. The molecule has 0 unspecified atom stereocenters. The largest absolute Gasteiger partial charge is 0.379 e. The minimum absolute atomic E-state index is 0.700. The second-order valence-corrected chi connectivity index (χ2v) is 5.48. The molecule has 0 fully saturated rings. The van der Waals surface area contributed by atoms with E-state index in [1.54, 1.807) is 0 Å². The van der Waals surface area contributed by atoms with Crippen LogP contribution in [0.2, 0.25) is 0 Å². The number of nitrogens with zero attached hydrogens (tertiary/aromatic N) is 2. The molecule has 100 valence electrons. The Hall–Kier alpha value is -1.94. The smallest absolute Gasteiger partial charge is 0.0867 e. The predicted octanol–water partition coefficient (Wildman–Crippen LogP) is 4.31. The van der Waals surface area contributed by atoms with Crippen LogP contribution in [0.3, 0.4) is 0 Å². The van der Waals surface area contributed by atoms with Gasteiger partial charge in [0.1, 0.15) is 0 Å². The number of rotatable bonds is 3. The summed E-state index contributed by atoms with van der Waals surface area (Å²) in [6.07, 6.45) is 1.81. The highest BCUT2D eigenvalue weighted by Crippen LogP contribution is 2.28. The summed E-state index contributed by atoms with van der Waals surface area (Å²) >= 11 is 3.56. The van der Waals surface area contributed by atoms with Crippen LogP contribution >= 0.6 is 15.9 Å². The summed E-state index contributed by atoms with van der Waals surface area (Å²) in [5, 5.41) is 4.56. The van der Waals surface area contributed by atoms with Gasteiger partial charge in [-0.1, -0.05) is 18.2 Å². The van der Waals surface area contributed by atoms with E-state index in [4.69, 9.17) is 0 Å². The van der Waals surface area contributed by atoms with Gasteiger partial charge >= 0.3 is 0 Å².